The van der Waals surface area contributed by atoms with Crippen molar-refractivity contribution in [3.05, 3.63) is 108 Å². The van der Waals surface area contributed by atoms with Crippen LogP contribution < -0.4 is 5.32 Å². The summed E-state index contributed by atoms with van der Waals surface area (Å²) in [6.45, 7) is 1.99. The van der Waals surface area contributed by atoms with Gasteiger partial charge in [0.2, 0.25) is 0 Å². The molecule has 3 aromatic carbocycles. The van der Waals surface area contributed by atoms with E-state index in [1.165, 1.54) is 12.3 Å². The van der Waals surface area contributed by atoms with Gasteiger partial charge in [0.1, 0.15) is 0 Å². The number of hydrogen-bond acceptors (Lipinski definition) is 3. The largest absolute Gasteiger partial charge is 0.478 e. The highest BCUT2D eigenvalue weighted by Crippen LogP contribution is 2.29. The predicted octanol–water partition coefficient (Wildman–Crippen LogP) is 5.67. The van der Waals surface area contributed by atoms with Crippen molar-refractivity contribution in [2.45, 2.75) is 6.92 Å². The summed E-state index contributed by atoms with van der Waals surface area (Å²) < 4.78 is 0. The van der Waals surface area contributed by atoms with Crippen LogP contribution in [0.15, 0.2) is 91.3 Å². The molecule has 5 heteroatoms. The van der Waals surface area contributed by atoms with Crippen LogP contribution in [0.2, 0.25) is 0 Å². The summed E-state index contributed by atoms with van der Waals surface area (Å²) in [5.41, 5.74) is 5.22. The number of nitrogens with one attached hydrogen (secondary N) is 1. The molecule has 1 heterocycles. The first-order valence-electron chi connectivity index (χ1n) is 9.78. The van der Waals surface area contributed by atoms with Crippen LogP contribution in [0, 0.1) is 6.92 Å². The molecule has 0 fully saturated rings. The number of benzene rings is 3. The summed E-state index contributed by atoms with van der Waals surface area (Å²) in [7, 11) is 0. The summed E-state index contributed by atoms with van der Waals surface area (Å²) in [6.07, 6.45) is 3.15. The third-order valence-electron chi connectivity index (χ3n) is 5.06. The minimum absolute atomic E-state index is 0.0258. The molecular formula is C26H20N2O3. The molecule has 31 heavy (non-hydrogen) atoms. The molecule has 4 rings (SSSR count). The third kappa shape index (κ3) is 4.36. The number of aromatic nitrogens is 1. The van der Waals surface area contributed by atoms with E-state index < -0.39 is 11.9 Å². The normalized spacial score (nSPS) is 10.5. The molecule has 2 N–H and O–H groups in total. The summed E-state index contributed by atoms with van der Waals surface area (Å²) in [6, 6.07) is 24.1. The third-order valence-corrected chi connectivity index (χ3v) is 5.06. The molecule has 0 aliphatic heterocycles. The zero-order valence-corrected chi connectivity index (χ0v) is 16.9. The maximum atomic E-state index is 12.9. The van der Waals surface area contributed by atoms with Crippen LogP contribution in [0.4, 0.5) is 5.69 Å². The zero-order valence-electron chi connectivity index (χ0n) is 16.9. The van der Waals surface area contributed by atoms with Gasteiger partial charge in [0.15, 0.2) is 0 Å². The van der Waals surface area contributed by atoms with Crippen molar-refractivity contribution in [1.82, 2.24) is 4.98 Å². The zero-order chi connectivity index (χ0) is 21.8. The average molecular weight is 408 g/mol. The topological polar surface area (TPSA) is 79.3 Å². The van der Waals surface area contributed by atoms with E-state index in [0.29, 0.717) is 5.56 Å². The molecule has 0 radical (unpaired) electrons. The first-order chi connectivity index (χ1) is 15.0. The van der Waals surface area contributed by atoms with Gasteiger partial charge in [-0.25, -0.2) is 4.79 Å². The number of aryl methyl sites for hydroxylation is 1. The number of aromatic carboxylic acids is 1. The van der Waals surface area contributed by atoms with Gasteiger partial charge in [-0.15, -0.1) is 0 Å². The molecule has 0 aliphatic carbocycles. The van der Waals surface area contributed by atoms with Crippen molar-refractivity contribution in [3.63, 3.8) is 0 Å². The maximum Gasteiger partial charge on any atom is 0.337 e. The van der Waals surface area contributed by atoms with Gasteiger partial charge in [0, 0.05) is 18.0 Å². The molecule has 1 amide bonds. The fourth-order valence-electron chi connectivity index (χ4n) is 3.45. The highest BCUT2D eigenvalue weighted by Gasteiger charge is 2.16. The lowest BCUT2D eigenvalue weighted by molar-refractivity contribution is 0.0698. The number of nitrogens with zero attached hydrogens (tertiary/aromatic N) is 1. The maximum absolute atomic E-state index is 12.9. The highest BCUT2D eigenvalue weighted by molar-refractivity contribution is 6.08. The number of carboxylic acids is 1. The van der Waals surface area contributed by atoms with Crippen molar-refractivity contribution in [1.29, 1.82) is 0 Å². The van der Waals surface area contributed by atoms with Gasteiger partial charge in [-0.05, 0) is 47.4 Å². The first-order valence-corrected chi connectivity index (χ1v) is 9.78. The molecule has 0 unspecified atom stereocenters. The first kappa shape index (κ1) is 20.0. The summed E-state index contributed by atoms with van der Waals surface area (Å²) >= 11 is 0. The van der Waals surface area contributed by atoms with Crippen LogP contribution in [0.1, 0.15) is 26.3 Å². The van der Waals surface area contributed by atoms with Gasteiger partial charge in [0.05, 0.1) is 16.8 Å². The second-order valence-electron chi connectivity index (χ2n) is 7.16. The molecule has 0 atom stereocenters. The predicted molar refractivity (Wildman–Crippen MR) is 121 cm³/mol. The molecular weight excluding hydrogens is 388 g/mol. The molecule has 1 aromatic heterocycles. The van der Waals surface area contributed by atoms with Crippen LogP contribution in [0.25, 0.3) is 22.3 Å². The summed E-state index contributed by atoms with van der Waals surface area (Å²) in [5, 5.41) is 12.4. The second kappa shape index (κ2) is 8.63. The standard InChI is InChI=1S/C26H20N2O3/c1-17-7-5-6-10-22(17)19-11-12-23(26(30)31)24(14-19)28-25(29)21-13-20(15-27-16-21)18-8-3-2-4-9-18/h2-16H,1H3,(H,28,29)(H,30,31). The van der Waals surface area contributed by atoms with Gasteiger partial charge >= 0.3 is 5.97 Å². The Balaban J connectivity index is 1.68. The fourth-order valence-corrected chi connectivity index (χ4v) is 3.45. The van der Waals surface area contributed by atoms with Crippen molar-refractivity contribution in [2.75, 3.05) is 5.32 Å². The number of carboxylic acid groups (broad SMARTS) is 1. The van der Waals surface area contributed by atoms with Crippen LogP contribution in [-0.2, 0) is 0 Å². The number of pyridine rings is 1. The Labute approximate surface area is 180 Å². The summed E-state index contributed by atoms with van der Waals surface area (Å²) in [4.78, 5) is 28.9. The number of carbonyl (C=O) groups is 2. The smallest absolute Gasteiger partial charge is 0.337 e. The molecule has 0 spiro atoms. The molecule has 0 saturated carbocycles. The number of hydrogen-bond donors (Lipinski definition) is 2. The number of rotatable bonds is 5. The van der Waals surface area contributed by atoms with Crippen LogP contribution >= 0.6 is 0 Å². The van der Waals surface area contributed by atoms with Gasteiger partial charge in [0.25, 0.3) is 5.91 Å². The van der Waals surface area contributed by atoms with E-state index in [2.05, 4.69) is 10.3 Å². The number of carbonyl (C=O) groups excluding carboxylic acids is 1. The number of anilines is 1. The molecule has 0 aliphatic rings. The van der Waals surface area contributed by atoms with E-state index in [0.717, 1.165) is 27.8 Å². The van der Waals surface area contributed by atoms with Crippen molar-refractivity contribution in [3.8, 4) is 22.3 Å². The lowest BCUT2D eigenvalue weighted by Crippen LogP contribution is -2.15. The fraction of sp³-hybridized carbons (Fsp3) is 0.0385. The monoisotopic (exact) mass is 408 g/mol. The average Bonchev–Trinajstić information content (AvgIpc) is 2.80. The Morgan fingerprint density at radius 1 is 0.806 bits per heavy atom. The Morgan fingerprint density at radius 2 is 1.55 bits per heavy atom. The molecule has 0 bridgehead atoms. The van der Waals surface area contributed by atoms with Gasteiger partial charge in [-0.2, -0.15) is 0 Å². The lowest BCUT2D eigenvalue weighted by Gasteiger charge is -2.13. The van der Waals surface area contributed by atoms with Crippen LogP contribution in [0.5, 0.6) is 0 Å². The van der Waals surface area contributed by atoms with Gasteiger partial charge in [-0.1, -0.05) is 60.7 Å². The Kier molecular flexibility index (Phi) is 5.58. The van der Waals surface area contributed by atoms with Gasteiger partial charge in [-0.3, -0.25) is 9.78 Å². The Morgan fingerprint density at radius 3 is 2.29 bits per heavy atom. The highest BCUT2D eigenvalue weighted by atomic mass is 16.4. The number of amides is 1. The molecule has 0 saturated heterocycles. The van der Waals surface area contributed by atoms with Crippen molar-refractivity contribution < 1.29 is 14.7 Å². The van der Waals surface area contributed by atoms with E-state index in [-0.39, 0.29) is 11.3 Å². The minimum Gasteiger partial charge on any atom is -0.478 e. The molecule has 152 valence electrons. The van der Waals surface area contributed by atoms with Crippen LogP contribution in [-0.4, -0.2) is 22.0 Å². The van der Waals surface area contributed by atoms with E-state index in [1.54, 1.807) is 24.4 Å². The van der Waals surface area contributed by atoms with Gasteiger partial charge < -0.3 is 10.4 Å². The quantitative estimate of drug-likeness (QED) is 0.446. The van der Waals surface area contributed by atoms with E-state index in [9.17, 15) is 14.7 Å². The molecule has 4 aromatic rings. The molecule has 5 nitrogen and oxygen atoms in total. The van der Waals surface area contributed by atoms with Crippen molar-refractivity contribution in [2.24, 2.45) is 0 Å². The van der Waals surface area contributed by atoms with Crippen LogP contribution in [0.3, 0.4) is 0 Å². The second-order valence-corrected chi connectivity index (χ2v) is 7.16. The lowest BCUT2D eigenvalue weighted by atomic mass is 9.98. The van der Waals surface area contributed by atoms with E-state index >= 15 is 0 Å². The Bertz CT molecular complexity index is 1270. The van der Waals surface area contributed by atoms with E-state index in [1.807, 2.05) is 61.5 Å². The Hall–Kier alpha value is -4.25. The minimum atomic E-state index is -1.11. The SMILES string of the molecule is Cc1ccccc1-c1ccc(C(=O)O)c(NC(=O)c2cncc(-c3ccccc3)c2)c1. The van der Waals surface area contributed by atoms with E-state index in [4.69, 9.17) is 0 Å². The summed E-state index contributed by atoms with van der Waals surface area (Å²) in [5.74, 6) is -1.53. The van der Waals surface area contributed by atoms with Crippen molar-refractivity contribution >= 4 is 17.6 Å².